The summed E-state index contributed by atoms with van der Waals surface area (Å²) in [5.41, 5.74) is 4.09. The first-order valence-corrected chi connectivity index (χ1v) is 6.13. The molecule has 0 saturated heterocycles. The van der Waals surface area contributed by atoms with Crippen molar-refractivity contribution in [1.82, 2.24) is 15.1 Å². The van der Waals surface area contributed by atoms with Gasteiger partial charge in [0.05, 0.1) is 5.69 Å². The summed E-state index contributed by atoms with van der Waals surface area (Å²) in [5, 5.41) is 6.22. The molecule has 0 fully saturated rings. The van der Waals surface area contributed by atoms with Crippen LogP contribution in [0.5, 0.6) is 0 Å². The highest BCUT2D eigenvalue weighted by Crippen LogP contribution is 2.20. The number of nitrogens with one attached hydrogen (secondary N) is 2. The number of likely N-dealkylation sites (N-methyl/N-ethyl adjacent to an activating group) is 1. The largest absolute Gasteiger partial charge is 0.319 e. The summed E-state index contributed by atoms with van der Waals surface area (Å²) in [6.07, 6.45) is 0.732. The van der Waals surface area contributed by atoms with Crippen molar-refractivity contribution in [2.45, 2.75) is 13.3 Å². The molecule has 2 aromatic rings. The molecule has 0 unspecified atom stereocenters. The third-order valence-electron chi connectivity index (χ3n) is 3.08. The lowest BCUT2D eigenvalue weighted by molar-refractivity contribution is 0.734. The van der Waals surface area contributed by atoms with E-state index in [4.69, 9.17) is 0 Å². The zero-order valence-electron chi connectivity index (χ0n) is 11.1. The Hall–Kier alpha value is -1.81. The van der Waals surface area contributed by atoms with Crippen molar-refractivity contribution in [3.63, 3.8) is 0 Å². The monoisotopic (exact) mass is 245 g/mol. The van der Waals surface area contributed by atoms with Gasteiger partial charge >= 0.3 is 0 Å². The van der Waals surface area contributed by atoms with E-state index in [1.165, 1.54) is 5.56 Å². The second-order valence-corrected chi connectivity index (χ2v) is 4.55. The van der Waals surface area contributed by atoms with Gasteiger partial charge in [-0.2, -0.15) is 0 Å². The molecule has 4 nitrogen and oxygen atoms in total. The van der Waals surface area contributed by atoms with Gasteiger partial charge < -0.3 is 5.32 Å². The van der Waals surface area contributed by atoms with Crippen molar-refractivity contribution in [2.75, 3.05) is 13.6 Å². The molecule has 2 N–H and O–H groups in total. The maximum Gasteiger partial charge on any atom is 0.270 e. The Morgan fingerprint density at radius 2 is 2.17 bits per heavy atom. The number of rotatable bonds is 4. The normalized spacial score (nSPS) is 10.8. The highest BCUT2D eigenvalue weighted by atomic mass is 16.1. The van der Waals surface area contributed by atoms with E-state index in [1.807, 2.05) is 19.2 Å². The van der Waals surface area contributed by atoms with Gasteiger partial charge in [0.15, 0.2) is 0 Å². The zero-order chi connectivity index (χ0) is 13.1. The van der Waals surface area contributed by atoms with Gasteiger partial charge in [0.25, 0.3) is 5.56 Å². The van der Waals surface area contributed by atoms with Crippen LogP contribution in [0.3, 0.4) is 0 Å². The molecule has 0 bridgehead atoms. The first kappa shape index (κ1) is 12.6. The molecular weight excluding hydrogens is 226 g/mol. The van der Waals surface area contributed by atoms with Crippen molar-refractivity contribution < 1.29 is 0 Å². The van der Waals surface area contributed by atoms with E-state index < -0.39 is 0 Å². The minimum Gasteiger partial charge on any atom is -0.319 e. The van der Waals surface area contributed by atoms with Crippen molar-refractivity contribution in [3.05, 3.63) is 45.7 Å². The maximum atomic E-state index is 12.1. The molecule has 4 heteroatoms. The van der Waals surface area contributed by atoms with Crippen LogP contribution in [0.25, 0.3) is 11.3 Å². The summed E-state index contributed by atoms with van der Waals surface area (Å²) < 4.78 is 1.54. The number of hydrogen-bond acceptors (Lipinski definition) is 2. The van der Waals surface area contributed by atoms with E-state index >= 15 is 0 Å². The Balaban J connectivity index is 2.50. The molecule has 1 aromatic heterocycles. The summed E-state index contributed by atoms with van der Waals surface area (Å²) in [6, 6.07) is 8.19. The third kappa shape index (κ3) is 2.38. The van der Waals surface area contributed by atoms with Crippen LogP contribution in [0.4, 0.5) is 0 Å². The van der Waals surface area contributed by atoms with Crippen LogP contribution in [-0.2, 0) is 13.5 Å². The van der Waals surface area contributed by atoms with E-state index in [-0.39, 0.29) is 5.56 Å². The summed E-state index contributed by atoms with van der Waals surface area (Å²) >= 11 is 0. The standard InChI is InChI=1S/C14H19N3O/c1-10-5-4-6-11(9-10)13-12(7-8-15-2)14(18)17(3)16-13/h4-6,9,15-16H,7-8H2,1-3H3. The van der Waals surface area contributed by atoms with Gasteiger partial charge in [-0.1, -0.05) is 23.8 Å². The van der Waals surface area contributed by atoms with Crippen molar-refractivity contribution in [2.24, 2.45) is 7.05 Å². The average Bonchev–Trinajstić information content (AvgIpc) is 2.64. The molecule has 96 valence electrons. The zero-order valence-corrected chi connectivity index (χ0v) is 11.1. The molecule has 2 rings (SSSR count). The fraction of sp³-hybridized carbons (Fsp3) is 0.357. The van der Waals surface area contributed by atoms with Crippen molar-refractivity contribution >= 4 is 0 Å². The Bertz CT molecular complexity index is 595. The quantitative estimate of drug-likeness (QED) is 0.856. The van der Waals surface area contributed by atoms with E-state index in [0.29, 0.717) is 0 Å². The first-order chi connectivity index (χ1) is 8.63. The second kappa shape index (κ2) is 5.23. The van der Waals surface area contributed by atoms with Crippen LogP contribution in [0.15, 0.2) is 29.1 Å². The minimum atomic E-state index is 0.0572. The molecule has 0 atom stereocenters. The van der Waals surface area contributed by atoms with Crippen LogP contribution in [0.2, 0.25) is 0 Å². The molecule has 0 spiro atoms. The second-order valence-electron chi connectivity index (χ2n) is 4.55. The molecule has 18 heavy (non-hydrogen) atoms. The van der Waals surface area contributed by atoms with E-state index in [0.717, 1.165) is 29.8 Å². The van der Waals surface area contributed by atoms with Crippen LogP contribution in [-0.4, -0.2) is 23.4 Å². The molecule has 0 aliphatic rings. The lowest BCUT2D eigenvalue weighted by Crippen LogP contribution is -2.19. The Morgan fingerprint density at radius 3 is 2.83 bits per heavy atom. The molecule has 1 heterocycles. The van der Waals surface area contributed by atoms with Gasteiger partial charge in [0.1, 0.15) is 0 Å². The number of aromatic nitrogens is 2. The van der Waals surface area contributed by atoms with E-state index in [2.05, 4.69) is 29.5 Å². The number of H-pyrrole nitrogens is 1. The highest BCUT2D eigenvalue weighted by Gasteiger charge is 2.13. The Labute approximate surface area is 107 Å². The predicted octanol–water partition coefficient (Wildman–Crippen LogP) is 1.45. The smallest absolute Gasteiger partial charge is 0.270 e. The highest BCUT2D eigenvalue weighted by molar-refractivity contribution is 5.63. The molecule has 1 aromatic carbocycles. The Kier molecular flexibility index (Phi) is 3.67. The fourth-order valence-electron chi connectivity index (χ4n) is 2.12. The van der Waals surface area contributed by atoms with E-state index in [1.54, 1.807) is 11.7 Å². The molecule has 0 amide bonds. The van der Waals surface area contributed by atoms with Crippen molar-refractivity contribution in [3.8, 4) is 11.3 Å². The summed E-state index contributed by atoms with van der Waals surface area (Å²) in [5.74, 6) is 0. The summed E-state index contributed by atoms with van der Waals surface area (Å²) in [4.78, 5) is 12.1. The number of benzene rings is 1. The average molecular weight is 245 g/mol. The van der Waals surface area contributed by atoms with Gasteiger partial charge in [-0.3, -0.25) is 14.6 Å². The first-order valence-electron chi connectivity index (χ1n) is 6.13. The Morgan fingerprint density at radius 1 is 1.39 bits per heavy atom. The molecule has 0 aliphatic carbocycles. The third-order valence-corrected chi connectivity index (χ3v) is 3.08. The molecule has 0 saturated carbocycles. The van der Waals surface area contributed by atoms with Gasteiger partial charge in [-0.25, -0.2) is 0 Å². The lowest BCUT2D eigenvalue weighted by atomic mass is 10.0. The summed E-state index contributed by atoms with van der Waals surface area (Å²) in [7, 11) is 3.65. The van der Waals surface area contributed by atoms with Gasteiger partial charge in [-0.15, -0.1) is 0 Å². The van der Waals surface area contributed by atoms with E-state index in [9.17, 15) is 4.79 Å². The lowest BCUT2D eigenvalue weighted by Gasteiger charge is -2.03. The number of aryl methyl sites for hydroxylation is 2. The summed E-state index contributed by atoms with van der Waals surface area (Å²) in [6.45, 7) is 2.85. The van der Waals surface area contributed by atoms with Gasteiger partial charge in [0, 0.05) is 18.2 Å². The van der Waals surface area contributed by atoms with Crippen LogP contribution >= 0.6 is 0 Å². The molecule has 0 aliphatic heterocycles. The maximum absolute atomic E-state index is 12.1. The molecule has 0 radical (unpaired) electrons. The van der Waals surface area contributed by atoms with Crippen LogP contribution in [0, 0.1) is 6.92 Å². The van der Waals surface area contributed by atoms with Crippen LogP contribution in [0.1, 0.15) is 11.1 Å². The van der Waals surface area contributed by atoms with Crippen LogP contribution < -0.4 is 10.9 Å². The topological polar surface area (TPSA) is 49.8 Å². The molecular formula is C14H19N3O. The van der Waals surface area contributed by atoms with Gasteiger partial charge in [0.2, 0.25) is 0 Å². The number of nitrogens with zero attached hydrogens (tertiary/aromatic N) is 1. The SMILES string of the molecule is CNCCc1c(-c2cccc(C)c2)[nH]n(C)c1=O. The number of aromatic amines is 1. The fourth-order valence-corrected chi connectivity index (χ4v) is 2.12. The number of hydrogen-bond donors (Lipinski definition) is 2. The van der Waals surface area contributed by atoms with Gasteiger partial charge in [-0.05, 0) is 33.0 Å². The van der Waals surface area contributed by atoms with Crippen molar-refractivity contribution in [1.29, 1.82) is 0 Å². The minimum absolute atomic E-state index is 0.0572. The predicted molar refractivity (Wildman–Crippen MR) is 73.8 cm³/mol.